The molecule has 27 heavy (non-hydrogen) atoms. The number of aromatic amines is 3. The number of esters is 1. The van der Waals surface area contributed by atoms with Crippen molar-refractivity contribution in [3.8, 4) is 0 Å². The minimum atomic E-state index is -0.510. The van der Waals surface area contributed by atoms with Gasteiger partial charge in [0.15, 0.2) is 0 Å². The van der Waals surface area contributed by atoms with Crippen molar-refractivity contribution < 1.29 is 19.1 Å². The van der Waals surface area contributed by atoms with Crippen LogP contribution in [-0.4, -0.2) is 47.2 Å². The summed E-state index contributed by atoms with van der Waals surface area (Å²) in [4.78, 5) is 44.4. The second kappa shape index (κ2) is 7.50. The van der Waals surface area contributed by atoms with Crippen molar-refractivity contribution in [3.63, 3.8) is 0 Å². The monoisotopic (exact) mass is 372 g/mol. The number of fused-ring (bicyclic) bond motifs is 1. The maximum absolute atomic E-state index is 12.6. The highest BCUT2D eigenvalue weighted by Crippen LogP contribution is 2.21. The summed E-state index contributed by atoms with van der Waals surface area (Å²) in [6, 6.07) is 5.01. The predicted molar refractivity (Wildman–Crippen MR) is 99.3 cm³/mol. The van der Waals surface area contributed by atoms with Gasteiger partial charge in [-0.05, 0) is 37.6 Å². The lowest BCUT2D eigenvalue weighted by Gasteiger charge is -2.06. The van der Waals surface area contributed by atoms with Gasteiger partial charge in [-0.2, -0.15) is 0 Å². The summed E-state index contributed by atoms with van der Waals surface area (Å²) in [5.74, 6) is -0.910. The van der Waals surface area contributed by atoms with Crippen LogP contribution < -0.4 is 11.0 Å². The lowest BCUT2D eigenvalue weighted by molar-refractivity contribution is 0.0387. The normalized spacial score (nSPS) is 10.9. The molecule has 0 spiro atoms. The van der Waals surface area contributed by atoms with Crippen molar-refractivity contribution in [2.45, 2.75) is 13.8 Å². The fraction of sp³-hybridized carbons (Fsp3) is 0.278. The van der Waals surface area contributed by atoms with E-state index in [1.807, 2.05) is 0 Å². The van der Waals surface area contributed by atoms with Crippen LogP contribution in [0.2, 0.25) is 0 Å². The number of carbonyl (C=O) groups is 2. The van der Waals surface area contributed by atoms with Crippen LogP contribution in [0.15, 0.2) is 23.0 Å². The molecule has 3 aromatic rings. The molecule has 2 aromatic heterocycles. The minimum Gasteiger partial charge on any atom is -0.460 e. The number of nitrogens with one attached hydrogen (secondary N) is 4. The number of amides is 1. The fourth-order valence-electron chi connectivity index (χ4n) is 2.88. The number of aromatic nitrogens is 3. The van der Waals surface area contributed by atoms with Crippen LogP contribution in [0.4, 0.5) is 5.69 Å². The summed E-state index contributed by atoms with van der Waals surface area (Å²) in [5.41, 5.74) is 3.08. The number of ether oxygens (including phenoxy) is 2. The van der Waals surface area contributed by atoms with Crippen LogP contribution in [0.5, 0.6) is 0 Å². The maximum Gasteiger partial charge on any atom is 0.340 e. The summed E-state index contributed by atoms with van der Waals surface area (Å²) < 4.78 is 10.00. The summed E-state index contributed by atoms with van der Waals surface area (Å²) in [6.45, 7) is 3.81. The number of anilines is 1. The van der Waals surface area contributed by atoms with Gasteiger partial charge in [0.25, 0.3) is 5.91 Å². The Hall–Kier alpha value is -3.33. The molecule has 3 rings (SSSR count). The van der Waals surface area contributed by atoms with Crippen molar-refractivity contribution in [3.05, 3.63) is 51.2 Å². The molecule has 0 fully saturated rings. The van der Waals surface area contributed by atoms with Crippen molar-refractivity contribution in [1.29, 1.82) is 0 Å². The zero-order valence-electron chi connectivity index (χ0n) is 15.2. The van der Waals surface area contributed by atoms with E-state index in [0.717, 1.165) is 0 Å². The molecule has 0 aliphatic carbocycles. The topological polar surface area (TPSA) is 129 Å². The lowest BCUT2D eigenvalue weighted by atomic mass is 10.1. The Bertz CT molecular complexity index is 1060. The van der Waals surface area contributed by atoms with E-state index in [0.29, 0.717) is 40.1 Å². The number of aryl methyl sites for hydroxylation is 1. The van der Waals surface area contributed by atoms with Crippen LogP contribution in [-0.2, 0) is 9.47 Å². The molecule has 9 nitrogen and oxygen atoms in total. The first-order chi connectivity index (χ1) is 12.9. The molecular formula is C18H20N4O5. The SMILES string of the molecule is COCCOC(=O)c1c(C)[nH]c(C(=O)Nc2ccc3[nH]c(=O)[nH]c3c2)c1C. The minimum absolute atomic E-state index is 0.135. The molecule has 0 bridgehead atoms. The second-order valence-corrected chi connectivity index (χ2v) is 6.05. The molecule has 142 valence electrons. The molecule has 0 atom stereocenters. The Morgan fingerprint density at radius 1 is 1.07 bits per heavy atom. The van der Waals surface area contributed by atoms with Crippen LogP contribution in [0.3, 0.4) is 0 Å². The van der Waals surface area contributed by atoms with Crippen LogP contribution in [0.1, 0.15) is 32.1 Å². The number of hydrogen-bond acceptors (Lipinski definition) is 5. The molecule has 0 aliphatic heterocycles. The third-order valence-electron chi connectivity index (χ3n) is 4.16. The Morgan fingerprint density at radius 2 is 1.81 bits per heavy atom. The third kappa shape index (κ3) is 3.77. The molecule has 9 heteroatoms. The first-order valence-corrected chi connectivity index (χ1v) is 8.29. The highest BCUT2D eigenvalue weighted by Gasteiger charge is 2.23. The highest BCUT2D eigenvalue weighted by molar-refractivity contribution is 6.07. The molecule has 0 radical (unpaired) electrons. The Labute approximate surface area is 154 Å². The van der Waals surface area contributed by atoms with E-state index in [4.69, 9.17) is 9.47 Å². The van der Waals surface area contributed by atoms with Crippen LogP contribution in [0, 0.1) is 13.8 Å². The van der Waals surface area contributed by atoms with E-state index in [1.165, 1.54) is 7.11 Å². The fourth-order valence-corrected chi connectivity index (χ4v) is 2.88. The average Bonchev–Trinajstić information content (AvgIpc) is 3.13. The van der Waals surface area contributed by atoms with Crippen LogP contribution >= 0.6 is 0 Å². The van der Waals surface area contributed by atoms with Crippen molar-refractivity contribution in [2.24, 2.45) is 0 Å². The van der Waals surface area contributed by atoms with E-state index in [2.05, 4.69) is 20.3 Å². The molecule has 2 heterocycles. The molecule has 1 aromatic carbocycles. The number of carbonyl (C=O) groups excluding carboxylic acids is 2. The van der Waals surface area contributed by atoms with Crippen LogP contribution in [0.25, 0.3) is 11.0 Å². The number of benzene rings is 1. The maximum atomic E-state index is 12.6. The van der Waals surface area contributed by atoms with Gasteiger partial charge in [0.1, 0.15) is 12.3 Å². The summed E-state index contributed by atoms with van der Waals surface area (Å²) >= 11 is 0. The largest absolute Gasteiger partial charge is 0.460 e. The van der Waals surface area contributed by atoms with Crippen molar-refractivity contribution >= 4 is 28.6 Å². The number of imidazole rings is 1. The summed E-state index contributed by atoms with van der Waals surface area (Å²) in [5, 5.41) is 2.75. The van der Waals surface area contributed by atoms with Gasteiger partial charge in [-0.25, -0.2) is 9.59 Å². The molecule has 0 aliphatic rings. The van der Waals surface area contributed by atoms with Gasteiger partial charge in [-0.3, -0.25) is 4.79 Å². The number of rotatable bonds is 6. The van der Waals surface area contributed by atoms with Gasteiger partial charge in [0.2, 0.25) is 0 Å². The molecule has 1 amide bonds. The molecule has 0 unspecified atom stereocenters. The summed E-state index contributed by atoms with van der Waals surface area (Å²) in [6.07, 6.45) is 0. The van der Waals surface area contributed by atoms with Crippen molar-refractivity contribution in [2.75, 3.05) is 25.6 Å². The first-order valence-electron chi connectivity index (χ1n) is 8.29. The molecule has 0 saturated carbocycles. The quantitative estimate of drug-likeness (QED) is 0.388. The van der Waals surface area contributed by atoms with Gasteiger partial charge < -0.3 is 29.7 Å². The van der Waals surface area contributed by atoms with Crippen molar-refractivity contribution in [1.82, 2.24) is 15.0 Å². The Kier molecular flexibility index (Phi) is 5.13. The van der Waals surface area contributed by atoms with E-state index < -0.39 is 11.9 Å². The zero-order valence-corrected chi connectivity index (χ0v) is 15.2. The van der Waals surface area contributed by atoms with E-state index in [9.17, 15) is 14.4 Å². The van der Waals surface area contributed by atoms with Gasteiger partial charge >= 0.3 is 11.7 Å². The van der Waals surface area contributed by atoms with Gasteiger partial charge in [0, 0.05) is 18.5 Å². The second-order valence-electron chi connectivity index (χ2n) is 6.05. The van der Waals surface area contributed by atoms with E-state index in [-0.39, 0.29) is 18.0 Å². The zero-order chi connectivity index (χ0) is 19.6. The summed E-state index contributed by atoms with van der Waals surface area (Å²) in [7, 11) is 1.52. The molecule has 4 N–H and O–H groups in total. The predicted octanol–water partition coefficient (Wildman–Crippen LogP) is 1.86. The van der Waals surface area contributed by atoms with Gasteiger partial charge in [0.05, 0.1) is 23.2 Å². The molecule has 0 saturated heterocycles. The Balaban J connectivity index is 1.80. The highest BCUT2D eigenvalue weighted by atomic mass is 16.6. The standard InChI is InChI=1S/C18H20N4O5/c1-9-14(17(24)27-7-6-26-3)10(2)19-15(9)16(23)20-11-4-5-12-13(8-11)22-18(25)21-12/h4-5,8,19H,6-7H2,1-3H3,(H,20,23)(H2,21,22,25). The number of H-pyrrole nitrogens is 3. The van der Waals surface area contributed by atoms with E-state index in [1.54, 1.807) is 32.0 Å². The number of hydrogen-bond donors (Lipinski definition) is 4. The average molecular weight is 372 g/mol. The third-order valence-corrected chi connectivity index (χ3v) is 4.16. The molecular weight excluding hydrogens is 352 g/mol. The Morgan fingerprint density at radius 3 is 2.56 bits per heavy atom. The van der Waals surface area contributed by atoms with E-state index >= 15 is 0 Å². The lowest BCUT2D eigenvalue weighted by Crippen LogP contribution is -2.14. The van der Waals surface area contributed by atoms with Gasteiger partial charge in [-0.1, -0.05) is 0 Å². The first kappa shape index (κ1) is 18.5. The van der Waals surface area contributed by atoms with Gasteiger partial charge in [-0.15, -0.1) is 0 Å². The number of methoxy groups -OCH3 is 1. The smallest absolute Gasteiger partial charge is 0.340 e.